The Hall–Kier alpha value is -3.61. The first-order valence-electron chi connectivity index (χ1n) is 6.92. The summed E-state index contributed by atoms with van der Waals surface area (Å²) in [5, 5.41) is 31.9. The van der Waals surface area contributed by atoms with Crippen molar-refractivity contribution in [1.82, 2.24) is 9.78 Å². The van der Waals surface area contributed by atoms with Crippen molar-refractivity contribution in [3.8, 4) is 22.7 Å². The molecule has 0 aliphatic heterocycles. The smallest absolute Gasteiger partial charge is 0.339 e. The van der Waals surface area contributed by atoms with Crippen molar-refractivity contribution >= 4 is 11.9 Å². The summed E-state index contributed by atoms with van der Waals surface area (Å²) in [7, 11) is 0. The molecule has 0 amide bonds. The average Bonchev–Trinajstić information content (AvgIpc) is 3.01. The Bertz CT molecular complexity index is 911. The van der Waals surface area contributed by atoms with Crippen LogP contribution in [0.1, 0.15) is 20.7 Å². The quantitative estimate of drug-likeness (QED) is 0.680. The summed E-state index contributed by atoms with van der Waals surface area (Å²) >= 11 is 0. The minimum atomic E-state index is -1.13. The first kappa shape index (κ1) is 15.3. The molecule has 24 heavy (non-hydrogen) atoms. The number of phenolic OH excluding ortho intramolecular Hbond substituents is 1. The molecular weight excluding hydrogens is 312 g/mol. The molecule has 7 heteroatoms. The van der Waals surface area contributed by atoms with Crippen molar-refractivity contribution in [3.63, 3.8) is 0 Å². The highest BCUT2D eigenvalue weighted by Gasteiger charge is 2.18. The molecule has 0 atom stereocenters. The Labute approximate surface area is 136 Å². The van der Waals surface area contributed by atoms with Crippen molar-refractivity contribution < 1.29 is 24.9 Å². The van der Waals surface area contributed by atoms with Crippen LogP contribution in [0.15, 0.2) is 54.7 Å². The zero-order valence-electron chi connectivity index (χ0n) is 12.2. The van der Waals surface area contributed by atoms with Gasteiger partial charge in [0.2, 0.25) is 0 Å². The summed E-state index contributed by atoms with van der Waals surface area (Å²) in [6.07, 6.45) is 1.36. The summed E-state index contributed by atoms with van der Waals surface area (Å²) in [6.45, 7) is 0. The van der Waals surface area contributed by atoms with Gasteiger partial charge in [-0.25, -0.2) is 14.3 Å². The number of carboxylic acid groups (broad SMARTS) is 2. The first-order chi connectivity index (χ1) is 11.5. The highest BCUT2D eigenvalue weighted by atomic mass is 16.4. The van der Waals surface area contributed by atoms with E-state index in [0.717, 1.165) is 0 Å². The topological polar surface area (TPSA) is 113 Å². The maximum Gasteiger partial charge on any atom is 0.339 e. The monoisotopic (exact) mass is 324 g/mol. The molecule has 1 aromatic heterocycles. The molecule has 0 spiro atoms. The predicted octanol–water partition coefficient (Wildman–Crippen LogP) is 2.64. The van der Waals surface area contributed by atoms with E-state index in [1.54, 1.807) is 24.3 Å². The highest BCUT2D eigenvalue weighted by molar-refractivity contribution is 5.94. The van der Waals surface area contributed by atoms with Gasteiger partial charge in [0.1, 0.15) is 17.0 Å². The Kier molecular flexibility index (Phi) is 3.75. The number of phenols is 1. The van der Waals surface area contributed by atoms with Gasteiger partial charge in [0.25, 0.3) is 0 Å². The van der Waals surface area contributed by atoms with E-state index in [2.05, 4.69) is 5.10 Å². The van der Waals surface area contributed by atoms with Gasteiger partial charge in [-0.1, -0.05) is 0 Å². The second-order valence-corrected chi connectivity index (χ2v) is 5.04. The Morgan fingerprint density at radius 3 is 2.04 bits per heavy atom. The number of aromatic nitrogens is 2. The maximum atomic E-state index is 11.5. The van der Waals surface area contributed by atoms with Crippen LogP contribution in [0.2, 0.25) is 0 Å². The van der Waals surface area contributed by atoms with Crippen LogP contribution >= 0.6 is 0 Å². The molecule has 0 fully saturated rings. The lowest BCUT2D eigenvalue weighted by Gasteiger charge is -2.02. The molecule has 0 saturated heterocycles. The van der Waals surface area contributed by atoms with Crippen molar-refractivity contribution in [3.05, 3.63) is 65.9 Å². The molecule has 0 saturated carbocycles. The van der Waals surface area contributed by atoms with Crippen LogP contribution in [0.3, 0.4) is 0 Å². The van der Waals surface area contributed by atoms with E-state index < -0.39 is 11.9 Å². The summed E-state index contributed by atoms with van der Waals surface area (Å²) < 4.78 is 1.37. The summed E-state index contributed by atoms with van der Waals surface area (Å²) in [5.74, 6) is -2.11. The van der Waals surface area contributed by atoms with E-state index >= 15 is 0 Å². The molecule has 0 aliphatic rings. The van der Waals surface area contributed by atoms with E-state index in [9.17, 15) is 19.8 Å². The van der Waals surface area contributed by atoms with E-state index in [1.807, 2.05) is 0 Å². The Balaban J connectivity index is 2.07. The molecule has 0 bridgehead atoms. The lowest BCUT2D eigenvalue weighted by atomic mass is 10.1. The molecule has 1 heterocycles. The molecule has 3 rings (SSSR count). The first-order valence-corrected chi connectivity index (χ1v) is 6.92. The van der Waals surface area contributed by atoms with E-state index in [-0.39, 0.29) is 22.6 Å². The number of carbonyl (C=O) groups is 2. The van der Waals surface area contributed by atoms with Gasteiger partial charge >= 0.3 is 11.9 Å². The van der Waals surface area contributed by atoms with Crippen molar-refractivity contribution in [2.75, 3.05) is 0 Å². The van der Waals surface area contributed by atoms with Crippen LogP contribution in [-0.2, 0) is 0 Å². The molecule has 120 valence electrons. The average molecular weight is 324 g/mol. The van der Waals surface area contributed by atoms with Crippen LogP contribution in [0.4, 0.5) is 0 Å². The number of hydrogen-bond acceptors (Lipinski definition) is 4. The zero-order valence-corrected chi connectivity index (χ0v) is 12.2. The van der Waals surface area contributed by atoms with Gasteiger partial charge < -0.3 is 15.3 Å². The van der Waals surface area contributed by atoms with Gasteiger partial charge in [0, 0.05) is 11.8 Å². The largest absolute Gasteiger partial charge is 0.508 e. The number of carboxylic acids is 2. The molecule has 0 radical (unpaired) electrons. The number of rotatable bonds is 4. The third-order valence-corrected chi connectivity index (χ3v) is 3.46. The standard InChI is InChI=1S/C17H12N2O5/c20-13-7-3-10(4-8-13)15-14(17(23)24)9-19(18-15)12-5-1-11(2-6-12)16(21)22/h1-9,20H,(H,21,22)(H,23,24). The number of aromatic hydroxyl groups is 1. The fraction of sp³-hybridized carbons (Fsp3) is 0. The minimum absolute atomic E-state index is 0.00278. The third-order valence-electron chi connectivity index (χ3n) is 3.46. The molecule has 0 unspecified atom stereocenters. The Morgan fingerprint density at radius 2 is 1.50 bits per heavy atom. The molecule has 3 N–H and O–H groups in total. The fourth-order valence-corrected chi connectivity index (χ4v) is 2.25. The van der Waals surface area contributed by atoms with E-state index in [1.165, 1.54) is 35.1 Å². The van der Waals surface area contributed by atoms with Crippen molar-refractivity contribution in [1.29, 1.82) is 0 Å². The highest BCUT2D eigenvalue weighted by Crippen LogP contribution is 2.25. The molecule has 2 aromatic carbocycles. The lowest BCUT2D eigenvalue weighted by molar-refractivity contribution is 0.0686. The molecule has 7 nitrogen and oxygen atoms in total. The SMILES string of the molecule is O=C(O)c1ccc(-n2cc(C(=O)O)c(-c3ccc(O)cc3)n2)cc1. The van der Waals surface area contributed by atoms with Crippen LogP contribution in [0, 0.1) is 0 Å². The summed E-state index contributed by atoms with van der Waals surface area (Å²) in [5.41, 5.74) is 1.47. The van der Waals surface area contributed by atoms with Crippen molar-refractivity contribution in [2.24, 2.45) is 0 Å². The normalized spacial score (nSPS) is 10.5. The van der Waals surface area contributed by atoms with Gasteiger partial charge in [-0.05, 0) is 48.5 Å². The van der Waals surface area contributed by atoms with Crippen LogP contribution < -0.4 is 0 Å². The molecular formula is C17H12N2O5. The zero-order chi connectivity index (χ0) is 17.3. The predicted molar refractivity (Wildman–Crippen MR) is 84.6 cm³/mol. The molecule has 3 aromatic rings. The number of aromatic carboxylic acids is 2. The van der Waals surface area contributed by atoms with Crippen LogP contribution in [0.5, 0.6) is 5.75 Å². The van der Waals surface area contributed by atoms with E-state index in [0.29, 0.717) is 11.3 Å². The van der Waals surface area contributed by atoms with Gasteiger partial charge in [-0.15, -0.1) is 0 Å². The number of nitrogens with zero attached hydrogens (tertiary/aromatic N) is 2. The van der Waals surface area contributed by atoms with Gasteiger partial charge in [0.05, 0.1) is 11.3 Å². The third kappa shape index (κ3) is 2.82. The van der Waals surface area contributed by atoms with Gasteiger partial charge in [-0.3, -0.25) is 0 Å². The Morgan fingerprint density at radius 1 is 0.875 bits per heavy atom. The van der Waals surface area contributed by atoms with Crippen LogP contribution in [-0.4, -0.2) is 37.0 Å². The number of benzene rings is 2. The minimum Gasteiger partial charge on any atom is -0.508 e. The van der Waals surface area contributed by atoms with Gasteiger partial charge in [-0.2, -0.15) is 5.10 Å². The maximum absolute atomic E-state index is 11.5. The summed E-state index contributed by atoms with van der Waals surface area (Å²) in [4.78, 5) is 22.4. The summed E-state index contributed by atoms with van der Waals surface area (Å²) in [6, 6.07) is 12.0. The number of hydrogen-bond donors (Lipinski definition) is 3. The second-order valence-electron chi connectivity index (χ2n) is 5.04. The lowest BCUT2D eigenvalue weighted by Crippen LogP contribution is -1.99. The second kappa shape index (κ2) is 5.88. The molecule has 0 aliphatic carbocycles. The van der Waals surface area contributed by atoms with Crippen molar-refractivity contribution in [2.45, 2.75) is 0 Å². The van der Waals surface area contributed by atoms with E-state index in [4.69, 9.17) is 5.11 Å². The fourth-order valence-electron chi connectivity index (χ4n) is 2.25. The van der Waals surface area contributed by atoms with Gasteiger partial charge in [0.15, 0.2) is 0 Å². The van der Waals surface area contributed by atoms with Crippen LogP contribution in [0.25, 0.3) is 16.9 Å².